The molecule has 10 aromatic rings. The van der Waals surface area contributed by atoms with Gasteiger partial charge in [0.15, 0.2) is 0 Å². The SMILES string of the molecule is c1ccc(-c2ccccc2-c2ccc(N(c3ccc(-c4cccc5ccccc45)cc3)c3ccc(-c4cc5ccccc5c5ccccc45)cc3)cc2)cc1. The third-order valence-corrected chi connectivity index (χ3v) is 10.9. The molecular weight excluding hydrogens is 663 g/mol. The van der Waals surface area contributed by atoms with Crippen LogP contribution in [0.15, 0.2) is 224 Å². The van der Waals surface area contributed by atoms with Crippen molar-refractivity contribution in [1.29, 1.82) is 0 Å². The van der Waals surface area contributed by atoms with E-state index in [0.717, 1.165) is 17.1 Å². The molecular formula is C54H37N. The monoisotopic (exact) mass is 699 g/mol. The summed E-state index contributed by atoms with van der Waals surface area (Å²) in [5, 5.41) is 7.59. The summed E-state index contributed by atoms with van der Waals surface area (Å²) in [5.41, 5.74) is 13.0. The quantitative estimate of drug-likeness (QED) is 0.150. The molecule has 0 aliphatic rings. The summed E-state index contributed by atoms with van der Waals surface area (Å²) in [7, 11) is 0. The third-order valence-electron chi connectivity index (χ3n) is 10.9. The first-order valence-electron chi connectivity index (χ1n) is 18.9. The van der Waals surface area contributed by atoms with Crippen molar-refractivity contribution >= 4 is 49.4 Å². The van der Waals surface area contributed by atoms with E-state index < -0.39 is 0 Å². The Morgan fingerprint density at radius 1 is 0.218 bits per heavy atom. The average molecular weight is 700 g/mol. The minimum Gasteiger partial charge on any atom is -0.311 e. The van der Waals surface area contributed by atoms with Gasteiger partial charge in [-0.1, -0.05) is 182 Å². The molecule has 0 saturated heterocycles. The Bertz CT molecular complexity index is 2940. The fourth-order valence-corrected chi connectivity index (χ4v) is 8.19. The molecule has 0 N–H and O–H groups in total. The van der Waals surface area contributed by atoms with Gasteiger partial charge in [-0.25, -0.2) is 0 Å². The molecule has 10 rings (SSSR count). The van der Waals surface area contributed by atoms with Gasteiger partial charge >= 0.3 is 0 Å². The number of benzene rings is 10. The molecule has 0 bridgehead atoms. The zero-order chi connectivity index (χ0) is 36.6. The van der Waals surface area contributed by atoms with E-state index in [1.807, 2.05) is 0 Å². The third kappa shape index (κ3) is 6.02. The molecule has 0 atom stereocenters. The second kappa shape index (κ2) is 14.0. The Morgan fingerprint density at radius 3 is 1.24 bits per heavy atom. The van der Waals surface area contributed by atoms with Gasteiger partial charge in [0.05, 0.1) is 0 Å². The van der Waals surface area contributed by atoms with E-state index in [0.29, 0.717) is 0 Å². The van der Waals surface area contributed by atoms with Crippen LogP contribution in [0.3, 0.4) is 0 Å². The second-order valence-corrected chi connectivity index (χ2v) is 14.1. The van der Waals surface area contributed by atoms with Crippen LogP contribution in [0, 0.1) is 0 Å². The first-order chi connectivity index (χ1) is 27.3. The predicted molar refractivity (Wildman–Crippen MR) is 235 cm³/mol. The lowest BCUT2D eigenvalue weighted by Crippen LogP contribution is -2.09. The number of nitrogens with zero attached hydrogens (tertiary/aromatic N) is 1. The molecule has 10 aromatic carbocycles. The number of hydrogen-bond donors (Lipinski definition) is 0. The van der Waals surface area contributed by atoms with Crippen LogP contribution in [0.5, 0.6) is 0 Å². The molecule has 0 amide bonds. The van der Waals surface area contributed by atoms with E-state index in [2.05, 4.69) is 229 Å². The molecule has 0 heterocycles. The molecule has 55 heavy (non-hydrogen) atoms. The second-order valence-electron chi connectivity index (χ2n) is 14.1. The molecule has 0 aliphatic heterocycles. The van der Waals surface area contributed by atoms with Gasteiger partial charge in [-0.2, -0.15) is 0 Å². The van der Waals surface area contributed by atoms with Crippen LogP contribution in [0.4, 0.5) is 17.1 Å². The maximum atomic E-state index is 2.36. The first kappa shape index (κ1) is 32.4. The van der Waals surface area contributed by atoms with Crippen LogP contribution in [-0.4, -0.2) is 0 Å². The van der Waals surface area contributed by atoms with Gasteiger partial charge in [-0.15, -0.1) is 0 Å². The number of hydrogen-bond acceptors (Lipinski definition) is 1. The summed E-state index contributed by atoms with van der Waals surface area (Å²) in [4.78, 5) is 2.36. The largest absolute Gasteiger partial charge is 0.311 e. The highest BCUT2D eigenvalue weighted by molar-refractivity contribution is 6.13. The van der Waals surface area contributed by atoms with Gasteiger partial charge in [-0.3, -0.25) is 0 Å². The maximum absolute atomic E-state index is 2.36. The van der Waals surface area contributed by atoms with Crippen LogP contribution >= 0.6 is 0 Å². The Balaban J connectivity index is 1.07. The van der Waals surface area contributed by atoms with Crippen molar-refractivity contribution in [3.05, 3.63) is 224 Å². The fraction of sp³-hybridized carbons (Fsp3) is 0. The lowest BCUT2D eigenvalue weighted by molar-refractivity contribution is 1.28. The van der Waals surface area contributed by atoms with Crippen molar-refractivity contribution in [2.24, 2.45) is 0 Å². The van der Waals surface area contributed by atoms with Gasteiger partial charge in [-0.05, 0) is 119 Å². The number of fused-ring (bicyclic) bond motifs is 4. The van der Waals surface area contributed by atoms with Crippen LogP contribution in [0.25, 0.3) is 76.8 Å². The van der Waals surface area contributed by atoms with Gasteiger partial charge in [0.1, 0.15) is 0 Å². The summed E-state index contributed by atoms with van der Waals surface area (Å²) < 4.78 is 0. The average Bonchev–Trinajstić information content (AvgIpc) is 3.27. The maximum Gasteiger partial charge on any atom is 0.0462 e. The topological polar surface area (TPSA) is 3.24 Å². The Kier molecular flexibility index (Phi) is 8.24. The van der Waals surface area contributed by atoms with E-state index in [1.54, 1.807) is 0 Å². The number of rotatable bonds is 7. The molecule has 0 radical (unpaired) electrons. The highest BCUT2D eigenvalue weighted by atomic mass is 15.1. The molecule has 0 spiro atoms. The highest BCUT2D eigenvalue weighted by Crippen LogP contribution is 2.41. The van der Waals surface area contributed by atoms with Crippen molar-refractivity contribution in [3.8, 4) is 44.5 Å². The summed E-state index contributed by atoms with van der Waals surface area (Å²) in [5.74, 6) is 0. The minimum atomic E-state index is 1.10. The summed E-state index contributed by atoms with van der Waals surface area (Å²) in [6, 6.07) is 81.3. The molecule has 1 heteroatoms. The van der Waals surface area contributed by atoms with Crippen molar-refractivity contribution in [2.45, 2.75) is 0 Å². The van der Waals surface area contributed by atoms with Crippen molar-refractivity contribution in [1.82, 2.24) is 0 Å². The van der Waals surface area contributed by atoms with E-state index >= 15 is 0 Å². The smallest absolute Gasteiger partial charge is 0.0462 e. The van der Waals surface area contributed by atoms with E-state index in [-0.39, 0.29) is 0 Å². The van der Waals surface area contributed by atoms with Crippen molar-refractivity contribution in [3.63, 3.8) is 0 Å². The molecule has 0 fully saturated rings. The normalized spacial score (nSPS) is 11.3. The Hall–Kier alpha value is -7.22. The molecule has 0 saturated carbocycles. The first-order valence-corrected chi connectivity index (χ1v) is 18.9. The molecule has 0 aliphatic carbocycles. The van der Waals surface area contributed by atoms with Crippen LogP contribution < -0.4 is 4.90 Å². The van der Waals surface area contributed by atoms with Gasteiger partial charge in [0, 0.05) is 17.1 Å². The van der Waals surface area contributed by atoms with Gasteiger partial charge < -0.3 is 4.90 Å². The van der Waals surface area contributed by atoms with Gasteiger partial charge in [0.25, 0.3) is 0 Å². The molecule has 0 unspecified atom stereocenters. The molecule has 0 aromatic heterocycles. The van der Waals surface area contributed by atoms with E-state index in [4.69, 9.17) is 0 Å². The summed E-state index contributed by atoms with van der Waals surface area (Å²) in [6.45, 7) is 0. The van der Waals surface area contributed by atoms with Gasteiger partial charge in [0.2, 0.25) is 0 Å². The lowest BCUT2D eigenvalue weighted by atomic mass is 9.93. The Morgan fingerprint density at radius 2 is 0.618 bits per heavy atom. The van der Waals surface area contributed by atoms with Crippen molar-refractivity contribution in [2.75, 3.05) is 4.90 Å². The number of anilines is 3. The minimum absolute atomic E-state index is 1.10. The molecule has 1 nitrogen and oxygen atoms in total. The fourth-order valence-electron chi connectivity index (χ4n) is 8.19. The van der Waals surface area contributed by atoms with E-state index in [1.165, 1.54) is 76.8 Å². The Labute approximate surface area is 322 Å². The molecule has 258 valence electrons. The van der Waals surface area contributed by atoms with E-state index in [9.17, 15) is 0 Å². The summed E-state index contributed by atoms with van der Waals surface area (Å²) in [6.07, 6.45) is 0. The predicted octanol–water partition coefficient (Wildman–Crippen LogP) is 15.3. The zero-order valence-corrected chi connectivity index (χ0v) is 30.3. The van der Waals surface area contributed by atoms with Crippen LogP contribution in [0.1, 0.15) is 0 Å². The summed E-state index contributed by atoms with van der Waals surface area (Å²) >= 11 is 0. The van der Waals surface area contributed by atoms with Crippen molar-refractivity contribution < 1.29 is 0 Å². The van der Waals surface area contributed by atoms with Crippen LogP contribution in [-0.2, 0) is 0 Å². The lowest BCUT2D eigenvalue weighted by Gasteiger charge is -2.26. The zero-order valence-electron chi connectivity index (χ0n) is 30.3. The van der Waals surface area contributed by atoms with Crippen LogP contribution in [0.2, 0.25) is 0 Å². The highest BCUT2D eigenvalue weighted by Gasteiger charge is 2.16. The standard InChI is InChI=1S/C54H37N/c1-2-13-38(14-3-1)47-19-8-9-20-49(47)40-25-31-44(32-26-40)55(45-33-27-41(28-34-45)50-24-12-17-39-15-4-6-18-48(39)50)46-35-29-42(30-36-46)54-37-43-16-5-7-21-51(43)52-22-10-11-23-53(52)54/h1-37H.